The number of hydrogen-bond donors (Lipinski definition) is 2. The highest BCUT2D eigenvalue weighted by Crippen LogP contribution is 2.27. The zero-order valence-corrected chi connectivity index (χ0v) is 16.6. The fourth-order valence-corrected chi connectivity index (χ4v) is 3.23. The summed E-state index contributed by atoms with van der Waals surface area (Å²) in [6.07, 6.45) is 1.33. The number of fused-ring (bicyclic) bond motifs is 1. The number of carbonyl (C=O) groups excluding carboxylic acids is 1. The second-order valence-corrected chi connectivity index (χ2v) is 7.19. The Bertz CT molecular complexity index is 1270. The van der Waals surface area contributed by atoms with Crippen molar-refractivity contribution in [2.45, 2.75) is 18.4 Å². The summed E-state index contributed by atoms with van der Waals surface area (Å²) in [7, 11) is 0. The predicted octanol–water partition coefficient (Wildman–Crippen LogP) is 4.33. The molecule has 1 heterocycles. The van der Waals surface area contributed by atoms with Crippen molar-refractivity contribution in [2.24, 2.45) is 0 Å². The molecule has 0 aliphatic heterocycles. The molecule has 0 fully saturated rings. The summed E-state index contributed by atoms with van der Waals surface area (Å²) in [5, 5.41) is 0.309. The van der Waals surface area contributed by atoms with Crippen molar-refractivity contribution in [3.05, 3.63) is 99.6 Å². The molecule has 29 heavy (non-hydrogen) atoms. The molecule has 0 saturated carbocycles. The molecule has 0 saturated heterocycles. The van der Waals surface area contributed by atoms with E-state index in [1.54, 1.807) is 30.3 Å². The smallest absolute Gasteiger partial charge is 0.258 e. The molecule has 0 aliphatic rings. The number of nitrogens with zero attached hydrogens (tertiary/aromatic N) is 1. The molecule has 0 radical (unpaired) electrons. The second-order valence-electron chi connectivity index (χ2n) is 6.71. The molecule has 0 aliphatic carbocycles. The van der Waals surface area contributed by atoms with Gasteiger partial charge in [0.2, 0.25) is 0 Å². The monoisotopic (exact) mass is 402 g/mol. The quantitative estimate of drug-likeness (QED) is 0.385. The van der Waals surface area contributed by atoms with Gasteiger partial charge in [-0.2, -0.15) is 0 Å². The topological polar surface area (TPSA) is 72.0 Å². The van der Waals surface area contributed by atoms with Crippen LogP contribution in [0.2, 0.25) is 0 Å². The number of ketones is 1. The van der Waals surface area contributed by atoms with Crippen LogP contribution < -0.4 is 10.3 Å². The van der Waals surface area contributed by atoms with Gasteiger partial charge in [0.1, 0.15) is 17.9 Å². The Labute approximate surface area is 172 Å². The van der Waals surface area contributed by atoms with Crippen molar-refractivity contribution in [1.29, 1.82) is 0 Å². The molecule has 6 heteroatoms. The van der Waals surface area contributed by atoms with Crippen molar-refractivity contribution in [3.63, 3.8) is 0 Å². The van der Waals surface area contributed by atoms with Gasteiger partial charge in [-0.1, -0.05) is 30.3 Å². The van der Waals surface area contributed by atoms with Crippen LogP contribution in [0.25, 0.3) is 10.9 Å². The van der Waals surface area contributed by atoms with Gasteiger partial charge in [0.05, 0.1) is 11.7 Å². The third kappa shape index (κ3) is 3.93. The standard InChI is InChI=1S/C23H18N2O3S/c1-14-9-16(7-8-20(14)29)22(26)17-10-18-21(24-13-25-23(18)27)19(11-17)28-12-15-5-3-2-4-6-15/h2-11,13,29H,12H2,1H3,(H,24,25,27). The third-order valence-electron chi connectivity index (χ3n) is 4.67. The number of rotatable bonds is 5. The number of hydrogen-bond acceptors (Lipinski definition) is 5. The number of ether oxygens (including phenoxy) is 1. The number of benzene rings is 3. The average molecular weight is 402 g/mol. The number of carbonyl (C=O) groups is 1. The molecule has 144 valence electrons. The van der Waals surface area contributed by atoms with E-state index in [0.29, 0.717) is 34.4 Å². The normalized spacial score (nSPS) is 10.8. The molecular weight excluding hydrogens is 384 g/mol. The molecule has 0 spiro atoms. The Morgan fingerprint density at radius 2 is 1.86 bits per heavy atom. The minimum atomic E-state index is -0.323. The summed E-state index contributed by atoms with van der Waals surface area (Å²) in [5.41, 5.74) is 2.86. The molecule has 0 amide bonds. The number of nitrogens with one attached hydrogen (secondary N) is 1. The molecular formula is C23H18N2O3S. The molecule has 3 aromatic carbocycles. The summed E-state index contributed by atoms with van der Waals surface area (Å²) in [6.45, 7) is 2.19. The van der Waals surface area contributed by atoms with Crippen molar-refractivity contribution in [3.8, 4) is 5.75 Å². The number of thiol groups is 1. The van der Waals surface area contributed by atoms with E-state index in [2.05, 4.69) is 22.6 Å². The van der Waals surface area contributed by atoms with E-state index >= 15 is 0 Å². The van der Waals surface area contributed by atoms with Gasteiger partial charge in [-0.15, -0.1) is 12.6 Å². The maximum atomic E-state index is 13.1. The number of aromatic nitrogens is 2. The van der Waals surface area contributed by atoms with E-state index in [4.69, 9.17) is 4.74 Å². The van der Waals surface area contributed by atoms with Crippen LogP contribution in [0.1, 0.15) is 27.0 Å². The summed E-state index contributed by atoms with van der Waals surface area (Å²) < 4.78 is 5.95. The van der Waals surface area contributed by atoms with Crippen LogP contribution in [-0.4, -0.2) is 15.8 Å². The van der Waals surface area contributed by atoms with Crippen molar-refractivity contribution >= 4 is 29.3 Å². The highest BCUT2D eigenvalue weighted by molar-refractivity contribution is 7.80. The van der Waals surface area contributed by atoms with Gasteiger partial charge in [-0.3, -0.25) is 9.59 Å². The molecule has 0 bridgehead atoms. The predicted molar refractivity (Wildman–Crippen MR) is 115 cm³/mol. The molecule has 0 atom stereocenters. The van der Waals surface area contributed by atoms with Crippen LogP contribution in [0.4, 0.5) is 0 Å². The molecule has 5 nitrogen and oxygen atoms in total. The second kappa shape index (κ2) is 7.93. The fraction of sp³-hybridized carbons (Fsp3) is 0.0870. The summed E-state index contributed by atoms with van der Waals surface area (Å²) in [6, 6.07) is 18.2. The largest absolute Gasteiger partial charge is 0.487 e. The van der Waals surface area contributed by atoms with Crippen LogP contribution in [0.5, 0.6) is 5.75 Å². The molecule has 1 aromatic heterocycles. The maximum absolute atomic E-state index is 13.1. The van der Waals surface area contributed by atoms with E-state index in [1.165, 1.54) is 6.33 Å². The Kier molecular flexibility index (Phi) is 5.18. The molecule has 4 aromatic rings. The van der Waals surface area contributed by atoms with E-state index in [0.717, 1.165) is 16.0 Å². The van der Waals surface area contributed by atoms with Crippen LogP contribution in [0, 0.1) is 6.92 Å². The lowest BCUT2D eigenvalue weighted by atomic mass is 10.00. The van der Waals surface area contributed by atoms with Crippen molar-refractivity contribution < 1.29 is 9.53 Å². The Morgan fingerprint density at radius 1 is 1.07 bits per heavy atom. The lowest BCUT2D eigenvalue weighted by Gasteiger charge is -2.11. The highest BCUT2D eigenvalue weighted by Gasteiger charge is 2.16. The van der Waals surface area contributed by atoms with Crippen molar-refractivity contribution in [2.75, 3.05) is 0 Å². The van der Waals surface area contributed by atoms with E-state index in [1.807, 2.05) is 37.3 Å². The minimum absolute atomic E-state index is 0.198. The van der Waals surface area contributed by atoms with E-state index in [9.17, 15) is 9.59 Å². The van der Waals surface area contributed by atoms with Crippen LogP contribution >= 0.6 is 12.6 Å². The number of H-pyrrole nitrogens is 1. The van der Waals surface area contributed by atoms with Gasteiger partial charge in [-0.05, 0) is 48.4 Å². The first kappa shape index (κ1) is 19.0. The van der Waals surface area contributed by atoms with Gasteiger partial charge in [-0.25, -0.2) is 4.98 Å². The van der Waals surface area contributed by atoms with Gasteiger partial charge in [0, 0.05) is 16.0 Å². The van der Waals surface area contributed by atoms with Gasteiger partial charge >= 0.3 is 0 Å². The molecule has 0 unspecified atom stereocenters. The minimum Gasteiger partial charge on any atom is -0.487 e. The SMILES string of the molecule is Cc1cc(C(=O)c2cc(OCc3ccccc3)c3nc[nH]c(=O)c3c2)ccc1S. The zero-order chi connectivity index (χ0) is 20.4. The van der Waals surface area contributed by atoms with E-state index < -0.39 is 0 Å². The first-order valence-electron chi connectivity index (χ1n) is 9.05. The first-order valence-corrected chi connectivity index (χ1v) is 9.50. The lowest BCUT2D eigenvalue weighted by molar-refractivity contribution is 0.103. The average Bonchev–Trinajstić information content (AvgIpc) is 2.74. The molecule has 1 N–H and O–H groups in total. The summed E-state index contributed by atoms with van der Waals surface area (Å²) >= 11 is 4.36. The van der Waals surface area contributed by atoms with Crippen molar-refractivity contribution in [1.82, 2.24) is 9.97 Å². The Morgan fingerprint density at radius 3 is 2.62 bits per heavy atom. The first-order chi connectivity index (χ1) is 14.0. The Hall–Kier alpha value is -3.38. The summed E-state index contributed by atoms with van der Waals surface area (Å²) in [4.78, 5) is 33.0. The van der Waals surface area contributed by atoms with Crippen LogP contribution in [-0.2, 0) is 6.61 Å². The van der Waals surface area contributed by atoms with Gasteiger partial charge < -0.3 is 9.72 Å². The lowest BCUT2D eigenvalue weighted by Crippen LogP contribution is -2.10. The van der Waals surface area contributed by atoms with Crippen LogP contribution in [0.3, 0.4) is 0 Å². The highest BCUT2D eigenvalue weighted by atomic mass is 32.1. The Balaban J connectivity index is 1.78. The van der Waals surface area contributed by atoms with Gasteiger partial charge in [0.25, 0.3) is 5.56 Å². The number of aromatic amines is 1. The molecule has 4 rings (SSSR count). The van der Waals surface area contributed by atoms with Crippen LogP contribution in [0.15, 0.2) is 76.7 Å². The number of aryl methyl sites for hydroxylation is 1. The zero-order valence-electron chi connectivity index (χ0n) is 15.7. The third-order valence-corrected chi connectivity index (χ3v) is 5.17. The fourth-order valence-electron chi connectivity index (χ4n) is 3.09. The van der Waals surface area contributed by atoms with E-state index in [-0.39, 0.29) is 11.3 Å². The maximum Gasteiger partial charge on any atom is 0.258 e. The van der Waals surface area contributed by atoms with Gasteiger partial charge in [0.15, 0.2) is 5.78 Å². The summed E-state index contributed by atoms with van der Waals surface area (Å²) in [5.74, 6) is 0.194.